The molecule has 2 rings (SSSR count). The van der Waals surface area contributed by atoms with E-state index in [9.17, 15) is 4.79 Å². The van der Waals surface area contributed by atoms with Crippen LogP contribution in [0.1, 0.15) is 29.9 Å². The Morgan fingerprint density at radius 1 is 1.29 bits per heavy atom. The van der Waals surface area contributed by atoms with Gasteiger partial charge in [-0.3, -0.25) is 4.79 Å². The first-order valence-electron chi connectivity index (χ1n) is 7.74. The first-order valence-corrected chi connectivity index (χ1v) is 8.12. The molecule has 1 amide bonds. The third-order valence-electron chi connectivity index (χ3n) is 3.38. The van der Waals surface area contributed by atoms with Gasteiger partial charge in [0, 0.05) is 20.1 Å². The number of benzene rings is 1. The van der Waals surface area contributed by atoms with E-state index in [0.29, 0.717) is 18.3 Å². The van der Waals surface area contributed by atoms with Gasteiger partial charge < -0.3 is 16.0 Å². The van der Waals surface area contributed by atoms with Crippen molar-refractivity contribution in [2.75, 3.05) is 24.2 Å². The molecule has 24 heavy (non-hydrogen) atoms. The molecule has 1 aromatic carbocycles. The van der Waals surface area contributed by atoms with Crippen LogP contribution >= 0.6 is 11.6 Å². The minimum absolute atomic E-state index is 0.0395. The molecule has 3 N–H and O–H groups in total. The SMILES string of the molecule is CC(C)CN(C)c1nc(N)c(C(=O)NCc2ccccc2)nc1Cl. The van der Waals surface area contributed by atoms with E-state index >= 15 is 0 Å². The number of nitrogens with zero attached hydrogens (tertiary/aromatic N) is 3. The fourth-order valence-corrected chi connectivity index (χ4v) is 2.60. The van der Waals surface area contributed by atoms with E-state index in [1.807, 2.05) is 42.3 Å². The van der Waals surface area contributed by atoms with E-state index in [2.05, 4.69) is 29.1 Å². The number of halogens is 1. The van der Waals surface area contributed by atoms with Crippen LogP contribution < -0.4 is 16.0 Å². The lowest BCUT2D eigenvalue weighted by molar-refractivity contribution is 0.0946. The molecule has 128 valence electrons. The van der Waals surface area contributed by atoms with Gasteiger partial charge in [-0.25, -0.2) is 9.97 Å². The highest BCUT2D eigenvalue weighted by atomic mass is 35.5. The molecule has 0 radical (unpaired) electrons. The summed E-state index contributed by atoms with van der Waals surface area (Å²) in [5.41, 5.74) is 6.93. The maximum absolute atomic E-state index is 12.3. The molecule has 1 aromatic heterocycles. The largest absolute Gasteiger partial charge is 0.382 e. The number of nitrogen functional groups attached to an aromatic ring is 1. The van der Waals surface area contributed by atoms with Gasteiger partial charge in [0.1, 0.15) is 0 Å². The van der Waals surface area contributed by atoms with Gasteiger partial charge in [0.05, 0.1) is 0 Å². The molecule has 1 heterocycles. The second-order valence-corrected chi connectivity index (χ2v) is 6.37. The molecule has 0 aliphatic heterocycles. The number of carbonyl (C=O) groups excluding carboxylic acids is 1. The molecule has 0 bridgehead atoms. The summed E-state index contributed by atoms with van der Waals surface area (Å²) in [5.74, 6) is 0.574. The van der Waals surface area contributed by atoms with Gasteiger partial charge in [-0.2, -0.15) is 0 Å². The lowest BCUT2D eigenvalue weighted by atomic mass is 10.2. The van der Waals surface area contributed by atoms with E-state index in [1.165, 1.54) is 0 Å². The summed E-state index contributed by atoms with van der Waals surface area (Å²) in [7, 11) is 1.87. The van der Waals surface area contributed by atoms with Crippen molar-refractivity contribution in [3.63, 3.8) is 0 Å². The van der Waals surface area contributed by atoms with Crippen LogP contribution in [0, 0.1) is 5.92 Å². The van der Waals surface area contributed by atoms with Crippen LogP contribution in [-0.2, 0) is 6.54 Å². The van der Waals surface area contributed by atoms with Gasteiger partial charge >= 0.3 is 0 Å². The number of hydrogen-bond acceptors (Lipinski definition) is 5. The van der Waals surface area contributed by atoms with Crippen molar-refractivity contribution < 1.29 is 4.79 Å². The third-order valence-corrected chi connectivity index (χ3v) is 3.63. The minimum atomic E-state index is -0.399. The molecule has 6 nitrogen and oxygen atoms in total. The Labute approximate surface area is 147 Å². The number of hydrogen-bond donors (Lipinski definition) is 2. The van der Waals surface area contributed by atoms with Crippen molar-refractivity contribution >= 4 is 29.1 Å². The maximum atomic E-state index is 12.3. The van der Waals surface area contributed by atoms with Gasteiger partial charge in [0.15, 0.2) is 22.5 Å². The van der Waals surface area contributed by atoms with Crippen molar-refractivity contribution in [3.8, 4) is 0 Å². The van der Waals surface area contributed by atoms with E-state index < -0.39 is 5.91 Å². The van der Waals surface area contributed by atoms with Crippen molar-refractivity contribution in [2.24, 2.45) is 5.92 Å². The standard InChI is InChI=1S/C17H22ClN5O/c1-11(2)10-23(3)16-14(18)21-13(15(19)22-16)17(24)20-9-12-7-5-4-6-8-12/h4-8,11H,9-10H2,1-3H3,(H2,19,22)(H,20,24). The van der Waals surface area contributed by atoms with Crippen LogP contribution in [-0.4, -0.2) is 29.5 Å². The first-order chi connectivity index (χ1) is 11.4. The molecule has 0 aliphatic rings. The van der Waals surface area contributed by atoms with Gasteiger partial charge in [0.2, 0.25) is 0 Å². The Morgan fingerprint density at radius 2 is 1.96 bits per heavy atom. The molecular weight excluding hydrogens is 326 g/mol. The Morgan fingerprint density at radius 3 is 2.58 bits per heavy atom. The van der Waals surface area contributed by atoms with Gasteiger partial charge in [-0.15, -0.1) is 0 Å². The van der Waals surface area contributed by atoms with Crippen LogP contribution in [0.4, 0.5) is 11.6 Å². The van der Waals surface area contributed by atoms with Gasteiger partial charge in [0.25, 0.3) is 5.91 Å². The minimum Gasteiger partial charge on any atom is -0.382 e. The number of nitrogens with two attached hydrogens (primary N) is 1. The van der Waals surface area contributed by atoms with Gasteiger partial charge in [-0.05, 0) is 11.5 Å². The molecule has 0 spiro atoms. The van der Waals surface area contributed by atoms with Crippen molar-refractivity contribution in [3.05, 3.63) is 46.7 Å². The third kappa shape index (κ3) is 4.58. The molecule has 0 aliphatic carbocycles. The zero-order chi connectivity index (χ0) is 17.7. The predicted molar refractivity (Wildman–Crippen MR) is 97.2 cm³/mol. The molecule has 0 fully saturated rings. The maximum Gasteiger partial charge on any atom is 0.274 e. The summed E-state index contributed by atoms with van der Waals surface area (Å²) in [6, 6.07) is 9.58. The zero-order valence-electron chi connectivity index (χ0n) is 14.1. The molecule has 7 heteroatoms. The lowest BCUT2D eigenvalue weighted by Crippen LogP contribution is -2.28. The summed E-state index contributed by atoms with van der Waals surface area (Å²) in [5, 5.41) is 2.93. The number of carbonyl (C=O) groups is 1. The molecule has 2 aromatic rings. The van der Waals surface area contributed by atoms with Gasteiger partial charge in [-0.1, -0.05) is 55.8 Å². The van der Waals surface area contributed by atoms with E-state index in [0.717, 1.165) is 12.1 Å². The Kier molecular flexibility index (Phi) is 5.98. The summed E-state index contributed by atoms with van der Waals surface area (Å²) in [6.45, 7) is 5.32. The molecule has 0 unspecified atom stereocenters. The highest BCUT2D eigenvalue weighted by Gasteiger charge is 2.19. The highest BCUT2D eigenvalue weighted by molar-refractivity contribution is 6.32. The van der Waals surface area contributed by atoms with Crippen LogP contribution in [0.25, 0.3) is 0 Å². The van der Waals surface area contributed by atoms with Crippen LogP contribution in [0.5, 0.6) is 0 Å². The molecular formula is C17H22ClN5O. The first kappa shape index (κ1) is 18.0. The van der Waals surface area contributed by atoms with Crippen molar-refractivity contribution in [1.29, 1.82) is 0 Å². The Hall–Kier alpha value is -2.34. The summed E-state index contributed by atoms with van der Waals surface area (Å²) >= 11 is 6.19. The van der Waals surface area contributed by atoms with E-state index in [-0.39, 0.29) is 16.7 Å². The zero-order valence-corrected chi connectivity index (χ0v) is 14.8. The number of nitrogens with one attached hydrogen (secondary N) is 1. The summed E-state index contributed by atoms with van der Waals surface area (Å²) in [4.78, 5) is 22.5. The normalized spacial score (nSPS) is 10.7. The number of rotatable bonds is 6. The smallest absolute Gasteiger partial charge is 0.274 e. The average Bonchev–Trinajstić information content (AvgIpc) is 2.54. The Bertz CT molecular complexity index is 706. The highest BCUT2D eigenvalue weighted by Crippen LogP contribution is 2.24. The number of anilines is 2. The van der Waals surface area contributed by atoms with Crippen LogP contribution in [0.3, 0.4) is 0 Å². The number of aromatic nitrogens is 2. The second-order valence-electron chi connectivity index (χ2n) is 6.01. The molecule has 0 saturated heterocycles. The van der Waals surface area contributed by atoms with E-state index in [1.54, 1.807) is 0 Å². The predicted octanol–water partition coefficient (Wildman–Crippen LogP) is 2.73. The quantitative estimate of drug-likeness (QED) is 0.839. The van der Waals surface area contributed by atoms with Crippen LogP contribution in [0.2, 0.25) is 5.15 Å². The van der Waals surface area contributed by atoms with Crippen molar-refractivity contribution in [2.45, 2.75) is 20.4 Å². The lowest BCUT2D eigenvalue weighted by Gasteiger charge is -2.21. The Balaban J connectivity index is 2.13. The fourth-order valence-electron chi connectivity index (χ4n) is 2.32. The number of amides is 1. The fraction of sp³-hybridized carbons (Fsp3) is 0.353. The second kappa shape index (κ2) is 7.97. The van der Waals surface area contributed by atoms with E-state index in [4.69, 9.17) is 17.3 Å². The monoisotopic (exact) mass is 347 g/mol. The molecule has 0 saturated carbocycles. The summed E-state index contributed by atoms with van der Waals surface area (Å²) in [6.07, 6.45) is 0. The van der Waals surface area contributed by atoms with Crippen molar-refractivity contribution in [1.82, 2.24) is 15.3 Å². The van der Waals surface area contributed by atoms with Crippen LogP contribution in [0.15, 0.2) is 30.3 Å². The topological polar surface area (TPSA) is 84.1 Å². The summed E-state index contributed by atoms with van der Waals surface area (Å²) < 4.78 is 0. The average molecular weight is 348 g/mol. The molecule has 0 atom stereocenters.